The number of likely N-dealkylation sites (tertiary alicyclic amines) is 1. The number of urea groups is 1. The van der Waals surface area contributed by atoms with Gasteiger partial charge in [-0.3, -0.25) is 4.79 Å². The van der Waals surface area contributed by atoms with Crippen molar-refractivity contribution >= 4 is 29.3 Å². The van der Waals surface area contributed by atoms with Crippen LogP contribution in [0.5, 0.6) is 0 Å². The van der Waals surface area contributed by atoms with Crippen molar-refractivity contribution in [1.82, 2.24) is 4.90 Å². The molecule has 3 aromatic rings. The summed E-state index contributed by atoms with van der Waals surface area (Å²) in [7, 11) is 0. The minimum absolute atomic E-state index is 0.149. The lowest BCUT2D eigenvalue weighted by Crippen LogP contribution is -2.45. The van der Waals surface area contributed by atoms with Crippen LogP contribution < -0.4 is 10.6 Å². The molecule has 1 saturated heterocycles. The molecule has 3 aromatic carbocycles. The predicted molar refractivity (Wildman–Crippen MR) is 151 cm³/mol. The average molecular weight is 514 g/mol. The molecular formula is C31H35N3O4. The molecule has 1 fully saturated rings. The standard InChI is InChI=1S/C31H35N3O4/c1-19(2)21-7-12-25(13-8-21)33-31(38)34-17-5-6-28(34)29(35)32-24-14-9-22(10-15-24)26-16-11-23(30(36)37)18-27(26)20(3)4/h7-16,18-20,28H,5-6,17H2,1-4H3,(H,32,35)(H,33,38)(H,36,37)/t28-/m1/s1. The summed E-state index contributed by atoms with van der Waals surface area (Å²) in [6, 6.07) is 19.6. The fourth-order valence-electron chi connectivity index (χ4n) is 4.82. The minimum atomic E-state index is -0.949. The van der Waals surface area contributed by atoms with Gasteiger partial charge < -0.3 is 20.6 Å². The van der Waals surface area contributed by atoms with E-state index in [1.807, 2.05) is 68.4 Å². The van der Waals surface area contributed by atoms with E-state index in [1.54, 1.807) is 17.0 Å². The van der Waals surface area contributed by atoms with Crippen molar-refractivity contribution in [3.63, 3.8) is 0 Å². The van der Waals surface area contributed by atoms with Gasteiger partial charge in [0.2, 0.25) is 5.91 Å². The fraction of sp³-hybridized carbons (Fsp3) is 0.323. The number of anilines is 2. The highest BCUT2D eigenvalue weighted by atomic mass is 16.4. The van der Waals surface area contributed by atoms with Gasteiger partial charge in [0.15, 0.2) is 0 Å². The zero-order chi connectivity index (χ0) is 27.4. The second-order valence-electron chi connectivity index (χ2n) is 10.4. The van der Waals surface area contributed by atoms with Gasteiger partial charge in [0.25, 0.3) is 0 Å². The van der Waals surface area contributed by atoms with Crippen LogP contribution in [0.15, 0.2) is 66.7 Å². The van der Waals surface area contributed by atoms with E-state index in [0.29, 0.717) is 30.3 Å². The number of aromatic carboxylic acids is 1. The molecule has 4 rings (SSSR count). The SMILES string of the molecule is CC(C)c1ccc(NC(=O)N2CCC[C@@H]2C(=O)Nc2ccc(-c3ccc(C(=O)O)cc3C(C)C)cc2)cc1. The van der Waals surface area contributed by atoms with Gasteiger partial charge in [0.05, 0.1) is 5.56 Å². The van der Waals surface area contributed by atoms with E-state index in [0.717, 1.165) is 23.1 Å². The summed E-state index contributed by atoms with van der Waals surface area (Å²) in [6.07, 6.45) is 1.37. The molecule has 3 N–H and O–H groups in total. The zero-order valence-electron chi connectivity index (χ0n) is 22.3. The first-order chi connectivity index (χ1) is 18.1. The Morgan fingerprint density at radius 3 is 2.08 bits per heavy atom. The van der Waals surface area contributed by atoms with Crippen LogP contribution in [0.25, 0.3) is 11.1 Å². The summed E-state index contributed by atoms with van der Waals surface area (Å²) >= 11 is 0. The number of hydrogen-bond acceptors (Lipinski definition) is 3. The molecule has 1 heterocycles. The summed E-state index contributed by atoms with van der Waals surface area (Å²) in [6.45, 7) is 8.83. The quantitative estimate of drug-likeness (QED) is 0.319. The van der Waals surface area contributed by atoms with Crippen LogP contribution in [-0.2, 0) is 4.79 Å². The van der Waals surface area contributed by atoms with Crippen LogP contribution in [0.4, 0.5) is 16.2 Å². The van der Waals surface area contributed by atoms with Gasteiger partial charge in [-0.05, 0) is 83.3 Å². The molecule has 0 aromatic heterocycles. The number of rotatable bonds is 7. The van der Waals surface area contributed by atoms with E-state index in [9.17, 15) is 19.5 Å². The first-order valence-electron chi connectivity index (χ1n) is 13.1. The number of benzene rings is 3. The highest BCUT2D eigenvalue weighted by Gasteiger charge is 2.34. The maximum absolute atomic E-state index is 13.1. The maximum Gasteiger partial charge on any atom is 0.335 e. The third-order valence-corrected chi connectivity index (χ3v) is 7.03. The summed E-state index contributed by atoms with van der Waals surface area (Å²) in [5.41, 5.74) is 5.66. The molecular weight excluding hydrogens is 478 g/mol. The van der Waals surface area contributed by atoms with Crippen LogP contribution in [0.2, 0.25) is 0 Å². The lowest BCUT2D eigenvalue weighted by atomic mass is 9.91. The Bertz CT molecular complexity index is 1310. The number of carbonyl (C=O) groups excluding carboxylic acids is 2. The number of hydrogen-bond donors (Lipinski definition) is 3. The number of nitrogens with one attached hydrogen (secondary N) is 2. The molecule has 38 heavy (non-hydrogen) atoms. The largest absolute Gasteiger partial charge is 0.478 e. The van der Waals surface area contributed by atoms with E-state index in [-0.39, 0.29) is 23.4 Å². The van der Waals surface area contributed by atoms with Crippen LogP contribution >= 0.6 is 0 Å². The molecule has 0 radical (unpaired) electrons. The molecule has 1 aliphatic heterocycles. The van der Waals surface area contributed by atoms with Gasteiger partial charge in [0.1, 0.15) is 6.04 Å². The molecule has 0 saturated carbocycles. The van der Waals surface area contributed by atoms with Gasteiger partial charge >= 0.3 is 12.0 Å². The van der Waals surface area contributed by atoms with Crippen molar-refractivity contribution in [3.05, 3.63) is 83.4 Å². The molecule has 0 spiro atoms. The molecule has 7 heteroatoms. The monoisotopic (exact) mass is 513 g/mol. The predicted octanol–water partition coefficient (Wildman–Crippen LogP) is 6.93. The number of nitrogens with zero attached hydrogens (tertiary/aromatic N) is 1. The topological polar surface area (TPSA) is 98.7 Å². The smallest absolute Gasteiger partial charge is 0.335 e. The molecule has 0 unspecified atom stereocenters. The second kappa shape index (κ2) is 11.5. The van der Waals surface area contributed by atoms with E-state index >= 15 is 0 Å². The van der Waals surface area contributed by atoms with E-state index < -0.39 is 12.0 Å². The van der Waals surface area contributed by atoms with Crippen molar-refractivity contribution < 1.29 is 19.5 Å². The summed E-state index contributed by atoms with van der Waals surface area (Å²) in [5.74, 6) is -0.601. The van der Waals surface area contributed by atoms with Crippen LogP contribution in [0.1, 0.15) is 73.9 Å². The second-order valence-corrected chi connectivity index (χ2v) is 10.4. The van der Waals surface area contributed by atoms with Gasteiger partial charge in [-0.25, -0.2) is 9.59 Å². The highest BCUT2D eigenvalue weighted by Crippen LogP contribution is 2.31. The molecule has 0 aliphatic carbocycles. The number of amides is 3. The molecule has 3 amide bonds. The number of carboxylic acids is 1. The van der Waals surface area contributed by atoms with Crippen molar-refractivity contribution in [1.29, 1.82) is 0 Å². The van der Waals surface area contributed by atoms with Gasteiger partial charge in [-0.15, -0.1) is 0 Å². The van der Waals surface area contributed by atoms with Crippen molar-refractivity contribution in [3.8, 4) is 11.1 Å². The molecule has 0 bridgehead atoms. The molecule has 1 atom stereocenters. The Kier molecular flexibility index (Phi) is 8.15. The minimum Gasteiger partial charge on any atom is -0.478 e. The van der Waals surface area contributed by atoms with Gasteiger partial charge in [-0.1, -0.05) is 58.0 Å². The lowest BCUT2D eigenvalue weighted by molar-refractivity contribution is -0.119. The van der Waals surface area contributed by atoms with Crippen LogP contribution in [0, 0.1) is 0 Å². The third kappa shape index (κ3) is 6.05. The number of carbonyl (C=O) groups is 3. The van der Waals surface area contributed by atoms with E-state index in [1.165, 1.54) is 5.56 Å². The first-order valence-corrected chi connectivity index (χ1v) is 13.1. The van der Waals surface area contributed by atoms with E-state index in [2.05, 4.69) is 24.5 Å². The third-order valence-electron chi connectivity index (χ3n) is 7.03. The Morgan fingerprint density at radius 1 is 0.842 bits per heavy atom. The van der Waals surface area contributed by atoms with Crippen molar-refractivity contribution in [2.75, 3.05) is 17.2 Å². The van der Waals surface area contributed by atoms with E-state index in [4.69, 9.17) is 0 Å². The van der Waals surface area contributed by atoms with Crippen molar-refractivity contribution in [2.24, 2.45) is 0 Å². The van der Waals surface area contributed by atoms with Crippen LogP contribution in [-0.4, -0.2) is 40.5 Å². The molecule has 1 aliphatic rings. The number of carboxylic acid groups (broad SMARTS) is 1. The Morgan fingerprint density at radius 2 is 1.47 bits per heavy atom. The summed E-state index contributed by atoms with van der Waals surface area (Å²) in [5, 5.41) is 15.2. The zero-order valence-corrected chi connectivity index (χ0v) is 22.3. The average Bonchev–Trinajstić information content (AvgIpc) is 3.39. The Balaban J connectivity index is 1.43. The van der Waals surface area contributed by atoms with Gasteiger partial charge in [-0.2, -0.15) is 0 Å². The summed E-state index contributed by atoms with van der Waals surface area (Å²) < 4.78 is 0. The highest BCUT2D eigenvalue weighted by molar-refractivity contribution is 5.99. The first kappa shape index (κ1) is 26.9. The maximum atomic E-state index is 13.1. The Hall–Kier alpha value is -4.13. The van der Waals surface area contributed by atoms with Crippen molar-refractivity contribution in [2.45, 2.75) is 58.4 Å². The summed E-state index contributed by atoms with van der Waals surface area (Å²) in [4.78, 5) is 39.1. The normalized spacial score (nSPS) is 15.1. The lowest BCUT2D eigenvalue weighted by Gasteiger charge is -2.24. The molecule has 198 valence electrons. The molecule has 7 nitrogen and oxygen atoms in total. The Labute approximate surface area is 223 Å². The fourth-order valence-corrected chi connectivity index (χ4v) is 4.82. The van der Waals surface area contributed by atoms with Gasteiger partial charge in [0, 0.05) is 17.9 Å². The van der Waals surface area contributed by atoms with Crippen LogP contribution in [0.3, 0.4) is 0 Å².